The Morgan fingerprint density at radius 1 is 1.16 bits per heavy atom. The molecule has 0 fully saturated rings. The van der Waals surface area contributed by atoms with Gasteiger partial charge in [0.25, 0.3) is 0 Å². The van der Waals surface area contributed by atoms with Gasteiger partial charge in [-0.3, -0.25) is 9.36 Å². The van der Waals surface area contributed by atoms with Crippen molar-refractivity contribution in [2.45, 2.75) is 71.6 Å². The first kappa shape index (κ1) is 20.7. The van der Waals surface area contributed by atoms with Gasteiger partial charge in [0.05, 0.1) is 6.04 Å². The summed E-state index contributed by atoms with van der Waals surface area (Å²) >= 11 is 0. The smallest absolute Gasteiger partial charge is 0.327 e. The Hall–Kier alpha value is -2.31. The number of rotatable bonds is 6. The van der Waals surface area contributed by atoms with Gasteiger partial charge in [0.15, 0.2) is 0 Å². The molecular weight excluding hydrogens is 322 g/mol. The van der Waals surface area contributed by atoms with E-state index in [2.05, 4.69) is 16.9 Å². The summed E-state index contributed by atoms with van der Waals surface area (Å²) in [5.41, 5.74) is -1.01. The lowest BCUT2D eigenvalue weighted by atomic mass is 10.1. The standard InChI is InChI=1S/C18H29N3O4/c1-13(24-17(2,3)4)14(8-9-15(22)25-18(5,6)7)20-16(23)21-11-10-19-12-21/h10-12,14H,1,8-9H2,2-7H3,(H,20,23)/t14-/m0/s1. The minimum absolute atomic E-state index is 0.138. The highest BCUT2D eigenvalue weighted by Crippen LogP contribution is 2.19. The van der Waals surface area contributed by atoms with Gasteiger partial charge in [-0.05, 0) is 48.0 Å². The summed E-state index contributed by atoms with van der Waals surface area (Å²) in [5, 5.41) is 2.81. The van der Waals surface area contributed by atoms with Gasteiger partial charge >= 0.3 is 12.0 Å². The van der Waals surface area contributed by atoms with E-state index in [1.54, 1.807) is 0 Å². The van der Waals surface area contributed by atoms with E-state index >= 15 is 0 Å². The van der Waals surface area contributed by atoms with Crippen LogP contribution in [0.25, 0.3) is 0 Å². The van der Waals surface area contributed by atoms with Crippen molar-refractivity contribution in [3.05, 3.63) is 31.1 Å². The monoisotopic (exact) mass is 351 g/mol. The van der Waals surface area contributed by atoms with Crippen LogP contribution in [0, 0.1) is 0 Å². The van der Waals surface area contributed by atoms with Crippen LogP contribution >= 0.6 is 0 Å². The minimum atomic E-state index is -0.550. The van der Waals surface area contributed by atoms with Gasteiger partial charge in [-0.15, -0.1) is 0 Å². The molecule has 140 valence electrons. The molecule has 0 saturated heterocycles. The molecule has 1 rings (SSSR count). The van der Waals surface area contributed by atoms with Crippen molar-refractivity contribution in [2.75, 3.05) is 0 Å². The van der Waals surface area contributed by atoms with Crippen LogP contribution in [0.5, 0.6) is 0 Å². The third kappa shape index (κ3) is 8.37. The van der Waals surface area contributed by atoms with E-state index in [0.29, 0.717) is 12.2 Å². The van der Waals surface area contributed by atoms with Gasteiger partial charge in [-0.1, -0.05) is 6.58 Å². The van der Waals surface area contributed by atoms with Gasteiger partial charge in [0.1, 0.15) is 23.3 Å². The first-order valence-electron chi connectivity index (χ1n) is 8.26. The van der Waals surface area contributed by atoms with Crippen LogP contribution in [0.4, 0.5) is 4.79 Å². The molecule has 0 aliphatic carbocycles. The minimum Gasteiger partial charge on any atom is -0.491 e. The Morgan fingerprint density at radius 3 is 2.24 bits per heavy atom. The Balaban J connectivity index is 2.75. The number of amides is 1. The molecule has 1 heterocycles. The van der Waals surface area contributed by atoms with Crippen LogP contribution in [-0.2, 0) is 14.3 Å². The van der Waals surface area contributed by atoms with E-state index in [4.69, 9.17) is 9.47 Å². The van der Waals surface area contributed by atoms with Crippen LogP contribution < -0.4 is 5.32 Å². The van der Waals surface area contributed by atoms with Gasteiger partial charge in [-0.2, -0.15) is 0 Å². The van der Waals surface area contributed by atoms with E-state index in [1.165, 1.54) is 23.3 Å². The number of aromatic nitrogens is 2. The maximum absolute atomic E-state index is 12.3. The van der Waals surface area contributed by atoms with Crippen molar-refractivity contribution >= 4 is 12.0 Å². The van der Waals surface area contributed by atoms with E-state index in [0.717, 1.165) is 0 Å². The molecule has 1 N–H and O–H groups in total. The molecule has 0 aliphatic heterocycles. The Labute approximate surface area is 149 Å². The van der Waals surface area contributed by atoms with E-state index < -0.39 is 17.2 Å². The van der Waals surface area contributed by atoms with Crippen LogP contribution in [0.3, 0.4) is 0 Å². The molecule has 1 amide bonds. The molecule has 1 atom stereocenters. The summed E-state index contributed by atoms with van der Waals surface area (Å²) < 4.78 is 12.4. The molecule has 0 aromatic carbocycles. The molecule has 0 spiro atoms. The van der Waals surface area contributed by atoms with Crippen molar-refractivity contribution in [1.29, 1.82) is 0 Å². The summed E-state index contributed by atoms with van der Waals surface area (Å²) in [6.07, 6.45) is 4.90. The number of carbonyl (C=O) groups is 2. The second-order valence-electron chi connectivity index (χ2n) is 7.78. The lowest BCUT2D eigenvalue weighted by Crippen LogP contribution is -2.41. The zero-order valence-electron chi connectivity index (χ0n) is 16.0. The maximum Gasteiger partial charge on any atom is 0.327 e. The lowest BCUT2D eigenvalue weighted by molar-refractivity contribution is -0.155. The molecule has 0 unspecified atom stereocenters. The molecule has 0 bridgehead atoms. The molecule has 7 heteroatoms. The number of carbonyl (C=O) groups excluding carboxylic acids is 2. The molecule has 0 radical (unpaired) electrons. The maximum atomic E-state index is 12.3. The zero-order chi connectivity index (χ0) is 19.3. The Kier molecular flexibility index (Phi) is 6.78. The highest BCUT2D eigenvalue weighted by molar-refractivity contribution is 5.77. The van der Waals surface area contributed by atoms with Crippen LogP contribution in [0.2, 0.25) is 0 Å². The van der Waals surface area contributed by atoms with E-state index in [9.17, 15) is 9.59 Å². The normalized spacial score (nSPS) is 13.0. The van der Waals surface area contributed by atoms with Crippen molar-refractivity contribution in [1.82, 2.24) is 14.9 Å². The fourth-order valence-electron chi connectivity index (χ4n) is 2.04. The predicted octanol–water partition coefficient (Wildman–Crippen LogP) is 3.26. The molecular formula is C18H29N3O4. The third-order valence-electron chi connectivity index (χ3n) is 2.92. The van der Waals surface area contributed by atoms with Crippen LogP contribution in [0.1, 0.15) is 54.4 Å². The topological polar surface area (TPSA) is 82.5 Å². The van der Waals surface area contributed by atoms with Crippen LogP contribution in [-0.4, -0.2) is 38.8 Å². The second-order valence-corrected chi connectivity index (χ2v) is 7.78. The molecule has 0 aliphatic rings. The number of hydrogen-bond donors (Lipinski definition) is 1. The number of nitrogens with zero attached hydrogens (tertiary/aromatic N) is 2. The fourth-order valence-corrected chi connectivity index (χ4v) is 2.04. The highest BCUT2D eigenvalue weighted by Gasteiger charge is 2.24. The molecule has 0 saturated carbocycles. The third-order valence-corrected chi connectivity index (χ3v) is 2.92. The largest absolute Gasteiger partial charge is 0.491 e. The van der Waals surface area contributed by atoms with Crippen LogP contribution in [0.15, 0.2) is 31.1 Å². The molecule has 7 nitrogen and oxygen atoms in total. The fraction of sp³-hybridized carbons (Fsp3) is 0.611. The summed E-state index contributed by atoms with van der Waals surface area (Å²) in [4.78, 5) is 28.1. The first-order chi connectivity index (χ1) is 11.4. The summed E-state index contributed by atoms with van der Waals surface area (Å²) in [7, 11) is 0. The quantitative estimate of drug-likeness (QED) is 0.628. The molecule has 1 aromatic rings. The number of imidazole rings is 1. The molecule has 25 heavy (non-hydrogen) atoms. The van der Waals surface area contributed by atoms with Crippen molar-refractivity contribution < 1.29 is 19.1 Å². The van der Waals surface area contributed by atoms with Crippen molar-refractivity contribution in [3.8, 4) is 0 Å². The summed E-state index contributed by atoms with van der Waals surface area (Å²) in [5.74, 6) is 0.0578. The van der Waals surface area contributed by atoms with Crippen molar-refractivity contribution in [3.63, 3.8) is 0 Å². The van der Waals surface area contributed by atoms with Gasteiger partial charge in [0.2, 0.25) is 0 Å². The first-order valence-corrected chi connectivity index (χ1v) is 8.26. The average molecular weight is 351 g/mol. The summed E-state index contributed by atoms with van der Waals surface area (Å²) in [6, 6.07) is -0.896. The predicted molar refractivity (Wildman–Crippen MR) is 95.0 cm³/mol. The number of nitrogens with one attached hydrogen (secondary N) is 1. The Bertz CT molecular complexity index is 595. The highest BCUT2D eigenvalue weighted by atomic mass is 16.6. The number of esters is 1. The molecule has 1 aromatic heterocycles. The van der Waals surface area contributed by atoms with Gasteiger partial charge < -0.3 is 14.8 Å². The SMILES string of the molecule is C=C(OC(C)(C)C)[C@H](CCC(=O)OC(C)(C)C)NC(=O)n1ccnc1. The zero-order valence-corrected chi connectivity index (χ0v) is 16.0. The lowest BCUT2D eigenvalue weighted by Gasteiger charge is -2.28. The number of ether oxygens (including phenoxy) is 2. The summed E-state index contributed by atoms with van der Waals surface area (Å²) in [6.45, 7) is 15.0. The van der Waals surface area contributed by atoms with E-state index in [1.807, 2.05) is 41.5 Å². The second kappa shape index (κ2) is 8.18. The number of hydrogen-bond acceptors (Lipinski definition) is 5. The van der Waals surface area contributed by atoms with E-state index in [-0.39, 0.29) is 18.4 Å². The van der Waals surface area contributed by atoms with Crippen molar-refractivity contribution in [2.24, 2.45) is 0 Å². The Morgan fingerprint density at radius 2 is 1.76 bits per heavy atom. The van der Waals surface area contributed by atoms with Gasteiger partial charge in [-0.25, -0.2) is 9.78 Å². The van der Waals surface area contributed by atoms with Gasteiger partial charge in [0, 0.05) is 18.8 Å². The average Bonchev–Trinajstić information content (AvgIpc) is 2.93.